The zero-order valence-corrected chi connectivity index (χ0v) is 22.2. The van der Waals surface area contributed by atoms with Crippen LogP contribution in [-0.2, 0) is 9.59 Å². The number of thiophene rings is 1. The quantitative estimate of drug-likeness (QED) is 0.489. The van der Waals surface area contributed by atoms with Crippen molar-refractivity contribution in [1.29, 1.82) is 0 Å². The van der Waals surface area contributed by atoms with Gasteiger partial charge in [-0.3, -0.25) is 24.4 Å². The van der Waals surface area contributed by atoms with Crippen LogP contribution >= 0.6 is 23.1 Å². The zero-order valence-electron chi connectivity index (χ0n) is 20.6. The molecular weight excluding hydrogens is 480 g/mol. The lowest BCUT2D eigenvalue weighted by Gasteiger charge is -2.33. The van der Waals surface area contributed by atoms with E-state index < -0.39 is 0 Å². The molecule has 1 aliphatic carbocycles. The standard InChI is InChI=1S/C26H32N4O3S2/c1-15(2)30(26(33)18-7-5-16(3)6-8-18)22-10-23(35-24(22)12-31)19-9-17(4)20(11-27-19)29-25(32)21-13-34-14-28-21/h9-12,14-16,18,21H,5-8,13H2,1-4H3,(H,29,32)/t16-,18-,21?. The van der Waals surface area contributed by atoms with E-state index in [0.29, 0.717) is 33.6 Å². The van der Waals surface area contributed by atoms with Crippen molar-refractivity contribution in [2.24, 2.45) is 16.8 Å². The fourth-order valence-corrected chi connectivity index (χ4v) is 6.30. The van der Waals surface area contributed by atoms with E-state index in [1.54, 1.807) is 16.6 Å². The number of carbonyl (C=O) groups excluding carboxylic acids is 3. The van der Waals surface area contributed by atoms with Crippen LogP contribution in [-0.4, -0.2) is 46.5 Å². The maximum atomic E-state index is 13.5. The molecule has 0 radical (unpaired) electrons. The predicted molar refractivity (Wildman–Crippen MR) is 145 cm³/mol. The molecule has 1 N–H and O–H groups in total. The van der Waals surface area contributed by atoms with Gasteiger partial charge in [0, 0.05) is 17.7 Å². The molecule has 186 valence electrons. The molecule has 0 saturated heterocycles. The summed E-state index contributed by atoms with van der Waals surface area (Å²) in [6.45, 7) is 8.13. The number of hydrogen-bond donors (Lipinski definition) is 1. The van der Waals surface area contributed by atoms with Crippen molar-refractivity contribution in [2.75, 3.05) is 16.0 Å². The summed E-state index contributed by atoms with van der Waals surface area (Å²) in [5, 5.41) is 2.91. The van der Waals surface area contributed by atoms with Crippen LogP contribution in [0.3, 0.4) is 0 Å². The second kappa shape index (κ2) is 11.0. The first-order chi connectivity index (χ1) is 16.8. The van der Waals surface area contributed by atoms with E-state index in [4.69, 9.17) is 0 Å². The number of hydrogen-bond acceptors (Lipinski definition) is 7. The van der Waals surface area contributed by atoms with Gasteiger partial charge in [-0.2, -0.15) is 0 Å². The lowest BCUT2D eigenvalue weighted by Crippen LogP contribution is -2.42. The van der Waals surface area contributed by atoms with E-state index >= 15 is 0 Å². The Kier molecular flexibility index (Phi) is 8.06. The number of aryl methyl sites for hydroxylation is 1. The molecule has 1 saturated carbocycles. The van der Waals surface area contributed by atoms with E-state index in [9.17, 15) is 14.4 Å². The number of thioether (sulfide) groups is 1. The number of aliphatic imine (C=N–C) groups is 1. The number of pyridine rings is 1. The Morgan fingerprint density at radius 1 is 1.20 bits per heavy atom. The maximum Gasteiger partial charge on any atom is 0.250 e. The fraction of sp³-hybridized carbons (Fsp3) is 0.500. The molecule has 4 rings (SSSR count). The molecule has 7 nitrogen and oxygen atoms in total. The summed E-state index contributed by atoms with van der Waals surface area (Å²) < 4.78 is 0. The van der Waals surface area contributed by atoms with Crippen LogP contribution in [0.5, 0.6) is 0 Å². The molecular formula is C26H32N4O3S2. The fourth-order valence-electron chi connectivity index (χ4n) is 4.62. The summed E-state index contributed by atoms with van der Waals surface area (Å²) in [6.07, 6.45) is 6.40. The van der Waals surface area contributed by atoms with Gasteiger partial charge in [-0.25, -0.2) is 0 Å². The SMILES string of the molecule is Cc1cc(-c2cc(N(C(=O)[C@H]3CC[C@H](C)CC3)C(C)C)c(C=O)s2)ncc1NC(=O)C1CSC=N1. The summed E-state index contributed by atoms with van der Waals surface area (Å²) in [7, 11) is 0. The molecule has 2 aromatic rings. The highest BCUT2D eigenvalue weighted by Gasteiger charge is 2.32. The third-order valence-corrected chi connectivity index (χ3v) is 8.57. The third kappa shape index (κ3) is 5.67. The Labute approximate surface area is 214 Å². The van der Waals surface area contributed by atoms with Gasteiger partial charge in [-0.15, -0.1) is 23.1 Å². The Morgan fingerprint density at radius 2 is 1.94 bits per heavy atom. The van der Waals surface area contributed by atoms with E-state index in [0.717, 1.165) is 42.4 Å². The van der Waals surface area contributed by atoms with Gasteiger partial charge < -0.3 is 10.2 Å². The molecule has 3 heterocycles. The number of aldehydes is 1. The van der Waals surface area contributed by atoms with Crippen molar-refractivity contribution < 1.29 is 14.4 Å². The number of amides is 2. The molecule has 2 amide bonds. The Morgan fingerprint density at radius 3 is 2.54 bits per heavy atom. The number of nitrogens with one attached hydrogen (secondary N) is 1. The topological polar surface area (TPSA) is 91.7 Å². The van der Waals surface area contributed by atoms with Gasteiger partial charge >= 0.3 is 0 Å². The monoisotopic (exact) mass is 512 g/mol. The van der Waals surface area contributed by atoms with Crippen LogP contribution in [0.25, 0.3) is 10.6 Å². The predicted octanol–water partition coefficient (Wildman–Crippen LogP) is 5.58. The summed E-state index contributed by atoms with van der Waals surface area (Å²) in [5.74, 6) is 1.27. The van der Waals surface area contributed by atoms with Gasteiger partial charge in [0.25, 0.3) is 0 Å². The summed E-state index contributed by atoms with van der Waals surface area (Å²) >= 11 is 2.86. The maximum absolute atomic E-state index is 13.5. The highest BCUT2D eigenvalue weighted by Crippen LogP contribution is 2.39. The minimum atomic E-state index is -0.374. The third-order valence-electron chi connectivity index (χ3n) is 6.72. The van der Waals surface area contributed by atoms with Crippen molar-refractivity contribution in [2.45, 2.75) is 65.5 Å². The van der Waals surface area contributed by atoms with Crippen LogP contribution in [0.15, 0.2) is 23.3 Å². The normalized spacial score (nSPS) is 21.8. The molecule has 1 fully saturated rings. The first-order valence-corrected chi connectivity index (χ1v) is 14.0. The van der Waals surface area contributed by atoms with Crippen molar-refractivity contribution in [1.82, 2.24) is 4.98 Å². The Bertz CT molecular complexity index is 1140. The molecule has 9 heteroatoms. The number of anilines is 2. The first-order valence-electron chi connectivity index (χ1n) is 12.1. The average molecular weight is 513 g/mol. The van der Waals surface area contributed by atoms with Gasteiger partial charge in [-0.05, 0) is 70.1 Å². The number of carbonyl (C=O) groups is 3. The van der Waals surface area contributed by atoms with E-state index in [2.05, 4.69) is 22.2 Å². The number of aromatic nitrogens is 1. The van der Waals surface area contributed by atoms with Crippen molar-refractivity contribution in [3.05, 3.63) is 28.8 Å². The Balaban J connectivity index is 1.58. The highest BCUT2D eigenvalue weighted by atomic mass is 32.2. The molecule has 0 spiro atoms. The van der Waals surface area contributed by atoms with Crippen LogP contribution in [0.4, 0.5) is 11.4 Å². The second-order valence-electron chi connectivity index (χ2n) is 9.71. The average Bonchev–Trinajstić information content (AvgIpc) is 3.51. The zero-order chi connectivity index (χ0) is 25.1. The van der Waals surface area contributed by atoms with E-state index in [1.165, 1.54) is 23.1 Å². The second-order valence-corrected chi connectivity index (χ2v) is 11.7. The lowest BCUT2D eigenvalue weighted by molar-refractivity contribution is -0.124. The lowest BCUT2D eigenvalue weighted by atomic mass is 9.82. The molecule has 1 unspecified atom stereocenters. The number of rotatable bonds is 7. The first kappa shape index (κ1) is 25.6. The van der Waals surface area contributed by atoms with E-state index in [1.807, 2.05) is 32.9 Å². The minimum absolute atomic E-state index is 0.00215. The van der Waals surface area contributed by atoms with Crippen LogP contribution in [0, 0.1) is 18.8 Å². The highest BCUT2D eigenvalue weighted by molar-refractivity contribution is 8.12. The van der Waals surface area contributed by atoms with Crippen molar-refractivity contribution in [3.63, 3.8) is 0 Å². The van der Waals surface area contributed by atoms with Crippen molar-refractivity contribution in [3.8, 4) is 10.6 Å². The molecule has 2 aromatic heterocycles. The Hall–Kier alpha value is -2.52. The molecule has 0 aromatic carbocycles. The molecule has 0 bridgehead atoms. The van der Waals surface area contributed by atoms with Crippen LogP contribution in [0.1, 0.15) is 61.7 Å². The molecule has 1 aliphatic heterocycles. The van der Waals surface area contributed by atoms with Gasteiger partial charge in [0.15, 0.2) is 6.29 Å². The number of nitrogens with zero attached hydrogens (tertiary/aromatic N) is 3. The largest absolute Gasteiger partial charge is 0.323 e. The van der Waals surface area contributed by atoms with Gasteiger partial charge in [-0.1, -0.05) is 6.92 Å². The van der Waals surface area contributed by atoms with E-state index in [-0.39, 0.29) is 29.8 Å². The molecule has 2 aliphatic rings. The van der Waals surface area contributed by atoms with Gasteiger partial charge in [0.05, 0.1) is 38.6 Å². The van der Waals surface area contributed by atoms with Gasteiger partial charge in [0.1, 0.15) is 6.04 Å². The van der Waals surface area contributed by atoms with Crippen molar-refractivity contribution >= 4 is 58.1 Å². The van der Waals surface area contributed by atoms with Crippen LogP contribution < -0.4 is 10.2 Å². The molecule has 35 heavy (non-hydrogen) atoms. The summed E-state index contributed by atoms with van der Waals surface area (Å²) in [5.41, 5.74) is 4.58. The smallest absolute Gasteiger partial charge is 0.250 e. The molecule has 1 atom stereocenters. The summed E-state index contributed by atoms with van der Waals surface area (Å²) in [6, 6.07) is 3.37. The van der Waals surface area contributed by atoms with Gasteiger partial charge in [0.2, 0.25) is 11.8 Å². The van der Waals surface area contributed by atoms with Crippen LogP contribution in [0.2, 0.25) is 0 Å². The summed E-state index contributed by atoms with van der Waals surface area (Å²) in [4.78, 5) is 49.8. The minimum Gasteiger partial charge on any atom is -0.323 e.